The summed E-state index contributed by atoms with van der Waals surface area (Å²) in [6.07, 6.45) is 3.32. The Labute approximate surface area is 180 Å². The Morgan fingerprint density at radius 3 is 2.57 bits per heavy atom. The van der Waals surface area contributed by atoms with Crippen molar-refractivity contribution < 1.29 is 9.84 Å². The van der Waals surface area contributed by atoms with E-state index in [0.717, 1.165) is 49.9 Å². The number of guanidine groups is 1. The second-order valence-corrected chi connectivity index (χ2v) is 7.60. The highest BCUT2D eigenvalue weighted by molar-refractivity contribution is 5.79. The van der Waals surface area contributed by atoms with Gasteiger partial charge in [0.25, 0.3) is 0 Å². The number of ether oxygens (including phenoxy) is 1. The van der Waals surface area contributed by atoms with E-state index in [1.165, 1.54) is 18.4 Å². The monoisotopic (exact) mass is 410 g/mol. The van der Waals surface area contributed by atoms with E-state index in [1.807, 2.05) is 24.3 Å². The van der Waals surface area contributed by atoms with Crippen molar-refractivity contribution in [3.05, 3.63) is 59.7 Å². The molecule has 0 amide bonds. The van der Waals surface area contributed by atoms with Crippen molar-refractivity contribution in [2.24, 2.45) is 4.99 Å². The van der Waals surface area contributed by atoms with Crippen LogP contribution in [0.1, 0.15) is 36.9 Å². The van der Waals surface area contributed by atoms with Crippen LogP contribution in [0.2, 0.25) is 0 Å². The minimum Gasteiger partial charge on any atom is -0.508 e. The lowest BCUT2D eigenvalue weighted by molar-refractivity contribution is 0.251. The van der Waals surface area contributed by atoms with Gasteiger partial charge in [-0.15, -0.1) is 0 Å². The van der Waals surface area contributed by atoms with Crippen LogP contribution in [-0.4, -0.2) is 55.8 Å². The smallest absolute Gasteiger partial charge is 0.191 e. The molecule has 1 saturated heterocycles. The van der Waals surface area contributed by atoms with Crippen molar-refractivity contribution in [1.29, 1.82) is 0 Å². The van der Waals surface area contributed by atoms with Gasteiger partial charge in [-0.05, 0) is 74.7 Å². The third-order valence-corrected chi connectivity index (χ3v) is 5.47. The molecule has 0 aromatic heterocycles. The Hall–Kier alpha value is -2.73. The van der Waals surface area contributed by atoms with Gasteiger partial charge in [-0.2, -0.15) is 0 Å². The van der Waals surface area contributed by atoms with Crippen molar-refractivity contribution in [3.8, 4) is 11.5 Å². The quantitative estimate of drug-likeness (QED) is 0.437. The zero-order chi connectivity index (χ0) is 21.2. The van der Waals surface area contributed by atoms with E-state index in [9.17, 15) is 5.11 Å². The molecule has 3 rings (SSSR count). The van der Waals surface area contributed by atoms with Crippen LogP contribution in [0.4, 0.5) is 0 Å². The molecular weight excluding hydrogens is 376 g/mol. The van der Waals surface area contributed by atoms with Crippen LogP contribution in [-0.2, 0) is 6.42 Å². The fourth-order valence-corrected chi connectivity index (χ4v) is 3.87. The van der Waals surface area contributed by atoms with E-state index in [-0.39, 0.29) is 6.04 Å². The van der Waals surface area contributed by atoms with E-state index >= 15 is 0 Å². The summed E-state index contributed by atoms with van der Waals surface area (Å²) in [6.45, 7) is 6.59. The predicted octanol–water partition coefficient (Wildman–Crippen LogP) is 3.34. The van der Waals surface area contributed by atoms with Crippen LogP contribution in [0.3, 0.4) is 0 Å². The van der Waals surface area contributed by atoms with E-state index in [2.05, 4.69) is 34.6 Å². The molecule has 3 N–H and O–H groups in total. The third-order valence-electron chi connectivity index (χ3n) is 5.47. The van der Waals surface area contributed by atoms with Gasteiger partial charge in [-0.1, -0.05) is 24.3 Å². The van der Waals surface area contributed by atoms with Gasteiger partial charge < -0.3 is 20.5 Å². The van der Waals surface area contributed by atoms with Crippen molar-refractivity contribution >= 4 is 5.96 Å². The summed E-state index contributed by atoms with van der Waals surface area (Å²) < 4.78 is 5.32. The molecule has 0 bridgehead atoms. The average molecular weight is 411 g/mol. The molecule has 1 unspecified atom stereocenters. The maximum atomic E-state index is 9.63. The number of aromatic hydroxyl groups is 1. The van der Waals surface area contributed by atoms with Crippen molar-refractivity contribution in [2.75, 3.05) is 39.8 Å². The second kappa shape index (κ2) is 11.5. The molecule has 6 nitrogen and oxygen atoms in total. The zero-order valence-electron chi connectivity index (χ0n) is 18.1. The standard InChI is InChI=1S/C24H34N4O2/c1-3-25-24(26-14-13-19-7-6-8-21(29)17-19)27-18-23(28-15-4-5-16-28)20-9-11-22(30-2)12-10-20/h6-12,17,23,29H,3-5,13-16,18H2,1-2H3,(H2,25,26,27). The number of nitrogens with zero attached hydrogens (tertiary/aromatic N) is 2. The topological polar surface area (TPSA) is 69.1 Å². The molecule has 1 aliphatic rings. The Bertz CT molecular complexity index is 801. The third kappa shape index (κ3) is 6.39. The zero-order valence-corrected chi connectivity index (χ0v) is 18.1. The number of hydrogen-bond acceptors (Lipinski definition) is 4. The van der Waals surface area contributed by atoms with Gasteiger partial charge in [0.15, 0.2) is 5.96 Å². The van der Waals surface area contributed by atoms with Gasteiger partial charge >= 0.3 is 0 Å². The fraction of sp³-hybridized carbons (Fsp3) is 0.458. The Morgan fingerprint density at radius 2 is 1.90 bits per heavy atom. The van der Waals surface area contributed by atoms with Gasteiger partial charge in [0, 0.05) is 13.1 Å². The molecule has 6 heteroatoms. The lowest BCUT2D eigenvalue weighted by Crippen LogP contribution is -2.39. The Morgan fingerprint density at radius 1 is 1.13 bits per heavy atom. The summed E-state index contributed by atoms with van der Waals surface area (Å²) in [7, 11) is 1.70. The van der Waals surface area contributed by atoms with Gasteiger partial charge in [0.2, 0.25) is 0 Å². The molecule has 0 aliphatic carbocycles. The summed E-state index contributed by atoms with van der Waals surface area (Å²) >= 11 is 0. The molecule has 1 aliphatic heterocycles. The van der Waals surface area contributed by atoms with Crippen molar-refractivity contribution in [3.63, 3.8) is 0 Å². The van der Waals surface area contributed by atoms with E-state index < -0.39 is 0 Å². The highest BCUT2D eigenvalue weighted by atomic mass is 16.5. The number of phenolic OH excluding ortho intramolecular Hbond substituents is 1. The molecule has 0 spiro atoms. The van der Waals surface area contributed by atoms with Gasteiger partial charge in [-0.3, -0.25) is 9.89 Å². The minimum atomic E-state index is 0.264. The summed E-state index contributed by atoms with van der Waals surface area (Å²) in [5, 5.41) is 16.4. The number of hydrogen-bond donors (Lipinski definition) is 3. The normalized spacial score (nSPS) is 15.7. The fourth-order valence-electron chi connectivity index (χ4n) is 3.87. The van der Waals surface area contributed by atoms with Crippen molar-refractivity contribution in [2.45, 2.75) is 32.2 Å². The number of nitrogens with one attached hydrogen (secondary N) is 2. The minimum absolute atomic E-state index is 0.264. The lowest BCUT2D eigenvalue weighted by Gasteiger charge is -2.27. The largest absolute Gasteiger partial charge is 0.508 e. The SMILES string of the molecule is CCNC(=NCC(c1ccc(OC)cc1)N1CCCC1)NCCc1cccc(O)c1. The number of rotatable bonds is 9. The number of benzene rings is 2. The van der Waals surface area contributed by atoms with Crippen LogP contribution < -0.4 is 15.4 Å². The lowest BCUT2D eigenvalue weighted by atomic mass is 10.1. The molecule has 1 atom stereocenters. The number of phenols is 1. The van der Waals surface area contributed by atoms with Crippen LogP contribution in [0.25, 0.3) is 0 Å². The average Bonchev–Trinajstić information content (AvgIpc) is 3.29. The molecule has 2 aromatic carbocycles. The van der Waals surface area contributed by atoms with E-state index in [1.54, 1.807) is 19.2 Å². The van der Waals surface area contributed by atoms with E-state index in [4.69, 9.17) is 9.73 Å². The van der Waals surface area contributed by atoms with Crippen LogP contribution >= 0.6 is 0 Å². The summed E-state index contributed by atoms with van der Waals surface area (Å²) in [4.78, 5) is 7.43. The molecule has 0 saturated carbocycles. The predicted molar refractivity (Wildman–Crippen MR) is 122 cm³/mol. The van der Waals surface area contributed by atoms with Crippen LogP contribution in [0.5, 0.6) is 11.5 Å². The maximum absolute atomic E-state index is 9.63. The number of likely N-dealkylation sites (tertiary alicyclic amines) is 1. The summed E-state index contributed by atoms with van der Waals surface area (Å²) in [6, 6.07) is 16.0. The van der Waals surface area contributed by atoms with Gasteiger partial charge in [0.05, 0.1) is 19.7 Å². The Kier molecular flexibility index (Phi) is 8.39. The first-order chi connectivity index (χ1) is 14.7. The van der Waals surface area contributed by atoms with Gasteiger partial charge in [-0.25, -0.2) is 0 Å². The highest BCUT2D eigenvalue weighted by Crippen LogP contribution is 2.27. The molecule has 1 heterocycles. The highest BCUT2D eigenvalue weighted by Gasteiger charge is 2.23. The Balaban J connectivity index is 1.65. The van der Waals surface area contributed by atoms with Gasteiger partial charge in [0.1, 0.15) is 11.5 Å². The number of methoxy groups -OCH3 is 1. The van der Waals surface area contributed by atoms with Crippen LogP contribution in [0.15, 0.2) is 53.5 Å². The van der Waals surface area contributed by atoms with E-state index in [0.29, 0.717) is 12.3 Å². The first-order valence-corrected chi connectivity index (χ1v) is 10.9. The maximum Gasteiger partial charge on any atom is 0.191 e. The first kappa shape index (κ1) is 22.0. The molecule has 162 valence electrons. The molecule has 2 aromatic rings. The summed E-state index contributed by atoms with van der Waals surface area (Å²) in [5.74, 6) is 2.01. The molecular formula is C24H34N4O2. The van der Waals surface area contributed by atoms with Crippen LogP contribution in [0, 0.1) is 0 Å². The first-order valence-electron chi connectivity index (χ1n) is 10.9. The van der Waals surface area contributed by atoms with Crippen molar-refractivity contribution in [1.82, 2.24) is 15.5 Å². The molecule has 30 heavy (non-hydrogen) atoms. The second-order valence-electron chi connectivity index (χ2n) is 7.60. The summed E-state index contributed by atoms with van der Waals surface area (Å²) in [5.41, 5.74) is 2.38. The molecule has 1 fully saturated rings. The number of aliphatic imine (C=N–C) groups is 1. The molecule has 0 radical (unpaired) electrons.